The van der Waals surface area contributed by atoms with Crippen molar-refractivity contribution in [1.82, 2.24) is 0 Å². The molecule has 1 N–H and O–H groups in total. The first-order chi connectivity index (χ1) is 23.0. The average Bonchev–Trinajstić information content (AvgIpc) is 3.04. The van der Waals surface area contributed by atoms with E-state index >= 15 is 0 Å². The van der Waals surface area contributed by atoms with Gasteiger partial charge < -0.3 is 9.84 Å². The van der Waals surface area contributed by atoms with E-state index in [1.54, 1.807) is 13.2 Å². The SMILES string of the molecule is CC=CCCC(C)=CCCC(C)=CCCC(C)=CCCC(C)=CCCC(C)=CCCC(C)=CCCC(C)=CCc1cccc(OC)c1O. The van der Waals surface area contributed by atoms with Gasteiger partial charge >= 0.3 is 0 Å². The van der Waals surface area contributed by atoms with E-state index in [1.807, 2.05) is 12.1 Å². The fourth-order valence-electron chi connectivity index (χ4n) is 5.65. The van der Waals surface area contributed by atoms with E-state index in [2.05, 4.69) is 110 Å². The van der Waals surface area contributed by atoms with Crippen LogP contribution < -0.4 is 4.74 Å². The van der Waals surface area contributed by atoms with Gasteiger partial charge in [-0.05, 0) is 158 Å². The van der Waals surface area contributed by atoms with Crippen molar-refractivity contribution in [1.29, 1.82) is 0 Å². The minimum absolute atomic E-state index is 0.248. The molecule has 0 unspecified atom stereocenters. The number of methoxy groups -OCH3 is 1. The predicted molar refractivity (Wildman–Crippen MR) is 214 cm³/mol. The second-order valence-corrected chi connectivity index (χ2v) is 13.9. The Morgan fingerprint density at radius 2 is 0.854 bits per heavy atom. The van der Waals surface area contributed by atoms with Crippen LogP contribution in [0.25, 0.3) is 0 Å². The fourth-order valence-corrected chi connectivity index (χ4v) is 5.65. The summed E-state index contributed by atoms with van der Waals surface area (Å²) in [5.41, 5.74) is 11.3. The van der Waals surface area contributed by atoms with Crippen molar-refractivity contribution < 1.29 is 9.84 Å². The summed E-state index contributed by atoms with van der Waals surface area (Å²) in [4.78, 5) is 0. The number of allylic oxidation sites excluding steroid dienone is 16. The van der Waals surface area contributed by atoms with Gasteiger partial charge in [-0.15, -0.1) is 0 Å². The lowest BCUT2D eigenvalue weighted by Crippen LogP contribution is -1.89. The monoisotopic (exact) mass is 655 g/mol. The van der Waals surface area contributed by atoms with Crippen molar-refractivity contribution in [2.24, 2.45) is 0 Å². The molecule has 0 heterocycles. The summed E-state index contributed by atoms with van der Waals surface area (Å²) in [5.74, 6) is 0.783. The number of rotatable bonds is 24. The lowest BCUT2D eigenvalue weighted by molar-refractivity contribution is 0.371. The molecule has 0 atom stereocenters. The Kier molecular flexibility index (Phi) is 23.8. The molecule has 1 aromatic carbocycles. The normalized spacial score (nSPS) is 14.4. The highest BCUT2D eigenvalue weighted by Crippen LogP contribution is 2.30. The van der Waals surface area contributed by atoms with E-state index in [0.29, 0.717) is 5.75 Å². The lowest BCUT2D eigenvalue weighted by Gasteiger charge is -2.07. The smallest absolute Gasteiger partial charge is 0.161 e. The van der Waals surface area contributed by atoms with Gasteiger partial charge in [0, 0.05) is 5.56 Å². The van der Waals surface area contributed by atoms with Crippen LogP contribution >= 0.6 is 0 Å². The Morgan fingerprint density at radius 3 is 1.19 bits per heavy atom. The summed E-state index contributed by atoms with van der Waals surface area (Å²) in [7, 11) is 1.59. The number of hydrogen-bond donors (Lipinski definition) is 1. The molecule has 0 aliphatic heterocycles. The van der Waals surface area contributed by atoms with Gasteiger partial charge in [0.25, 0.3) is 0 Å². The van der Waals surface area contributed by atoms with Gasteiger partial charge in [-0.2, -0.15) is 0 Å². The van der Waals surface area contributed by atoms with Crippen molar-refractivity contribution in [3.63, 3.8) is 0 Å². The van der Waals surface area contributed by atoms with Gasteiger partial charge in [-0.1, -0.05) is 106 Å². The first kappa shape index (κ1) is 42.8. The van der Waals surface area contributed by atoms with Crippen LogP contribution in [0.4, 0.5) is 0 Å². The van der Waals surface area contributed by atoms with Gasteiger partial charge in [-0.25, -0.2) is 0 Å². The van der Waals surface area contributed by atoms with E-state index < -0.39 is 0 Å². The van der Waals surface area contributed by atoms with Crippen molar-refractivity contribution in [3.05, 3.63) is 117 Å². The number of aromatic hydroxyl groups is 1. The molecule has 0 fully saturated rings. The summed E-state index contributed by atoms with van der Waals surface area (Å²) in [6.45, 7) is 17.9. The van der Waals surface area contributed by atoms with Crippen LogP contribution in [-0.4, -0.2) is 12.2 Å². The van der Waals surface area contributed by atoms with Crippen molar-refractivity contribution in [3.8, 4) is 11.5 Å². The minimum atomic E-state index is 0.248. The summed E-state index contributed by atoms with van der Waals surface area (Å²) >= 11 is 0. The Morgan fingerprint density at radius 1 is 0.521 bits per heavy atom. The summed E-state index contributed by atoms with van der Waals surface area (Å²) in [5, 5.41) is 10.3. The van der Waals surface area contributed by atoms with Crippen LogP contribution in [0.5, 0.6) is 11.5 Å². The molecule has 0 aliphatic rings. The van der Waals surface area contributed by atoms with E-state index in [1.165, 1.54) is 58.3 Å². The molecule has 0 aliphatic carbocycles. The molecule has 2 heteroatoms. The molecule has 0 bridgehead atoms. The molecule has 0 radical (unpaired) electrons. The summed E-state index contributed by atoms with van der Waals surface area (Å²) in [6, 6.07) is 5.67. The zero-order valence-electron chi connectivity index (χ0n) is 32.4. The molecular formula is C46H70O2. The van der Waals surface area contributed by atoms with Crippen molar-refractivity contribution in [2.75, 3.05) is 7.11 Å². The zero-order chi connectivity index (χ0) is 35.6. The van der Waals surface area contributed by atoms with Crippen LogP contribution in [0.15, 0.2) is 112 Å². The molecule has 1 aromatic rings. The molecule has 48 heavy (non-hydrogen) atoms. The third-order valence-electron chi connectivity index (χ3n) is 9.10. The number of ether oxygens (including phenoxy) is 1. The van der Waals surface area contributed by atoms with E-state index in [9.17, 15) is 5.11 Å². The Labute approximate surface area is 296 Å². The second kappa shape index (κ2) is 26.7. The van der Waals surface area contributed by atoms with Crippen LogP contribution in [0.2, 0.25) is 0 Å². The summed E-state index contributed by atoms with van der Waals surface area (Å²) in [6.07, 6.45) is 37.9. The van der Waals surface area contributed by atoms with Crippen LogP contribution in [0.3, 0.4) is 0 Å². The van der Waals surface area contributed by atoms with Crippen LogP contribution in [0.1, 0.15) is 151 Å². The largest absolute Gasteiger partial charge is 0.504 e. The quantitative estimate of drug-likeness (QED) is 0.112. The minimum Gasteiger partial charge on any atom is -0.504 e. The first-order valence-corrected chi connectivity index (χ1v) is 18.6. The molecule has 0 spiro atoms. The topological polar surface area (TPSA) is 29.5 Å². The molecular weight excluding hydrogens is 585 g/mol. The van der Waals surface area contributed by atoms with Gasteiger partial charge in [0.2, 0.25) is 0 Å². The van der Waals surface area contributed by atoms with E-state index in [0.717, 1.165) is 82.6 Å². The lowest BCUT2D eigenvalue weighted by atomic mass is 10.0. The second-order valence-electron chi connectivity index (χ2n) is 13.9. The zero-order valence-corrected chi connectivity index (χ0v) is 32.4. The molecule has 2 nitrogen and oxygen atoms in total. The standard InChI is InChI=1S/C46H70O2/c1-10-11-12-20-37(2)21-13-22-38(3)23-14-24-39(4)25-15-26-40(5)27-16-28-41(6)29-17-30-42(7)31-18-32-43(8)35-36-44-33-19-34-45(48-9)46(44)47/h10-11,19,21,23,25,27,29,31,33-35,47H,12-18,20,22,24,26,28,30,32,36H2,1-9H3. The van der Waals surface area contributed by atoms with E-state index in [-0.39, 0.29) is 5.75 Å². The number of hydrogen-bond acceptors (Lipinski definition) is 2. The third kappa shape index (κ3) is 21.6. The third-order valence-corrected chi connectivity index (χ3v) is 9.10. The fraction of sp³-hybridized carbons (Fsp3) is 0.522. The number of phenols is 1. The highest BCUT2D eigenvalue weighted by Gasteiger charge is 2.05. The average molecular weight is 655 g/mol. The number of phenolic OH excluding ortho intramolecular Hbond substituents is 1. The van der Waals surface area contributed by atoms with Crippen LogP contribution in [0, 0.1) is 0 Å². The molecule has 1 rings (SSSR count). The number of para-hydroxylation sites is 1. The highest BCUT2D eigenvalue weighted by atomic mass is 16.5. The predicted octanol–water partition coefficient (Wildman–Crippen LogP) is 14.6. The van der Waals surface area contributed by atoms with E-state index in [4.69, 9.17) is 4.74 Å². The molecule has 0 saturated carbocycles. The maximum atomic E-state index is 10.3. The first-order valence-electron chi connectivity index (χ1n) is 18.6. The van der Waals surface area contributed by atoms with Crippen LogP contribution in [-0.2, 0) is 6.42 Å². The van der Waals surface area contributed by atoms with Crippen molar-refractivity contribution >= 4 is 0 Å². The maximum Gasteiger partial charge on any atom is 0.161 e. The molecule has 266 valence electrons. The number of benzene rings is 1. The Bertz CT molecular complexity index is 1310. The van der Waals surface area contributed by atoms with Crippen molar-refractivity contribution in [2.45, 2.75) is 152 Å². The Balaban J connectivity index is 2.26. The van der Waals surface area contributed by atoms with Gasteiger partial charge in [-0.3, -0.25) is 0 Å². The van der Waals surface area contributed by atoms with Gasteiger partial charge in [0.1, 0.15) is 0 Å². The molecule has 0 amide bonds. The molecule has 0 saturated heterocycles. The molecule has 0 aromatic heterocycles. The Hall–Kier alpha value is -3.26. The van der Waals surface area contributed by atoms with Gasteiger partial charge in [0.05, 0.1) is 7.11 Å². The highest BCUT2D eigenvalue weighted by molar-refractivity contribution is 5.46. The van der Waals surface area contributed by atoms with Gasteiger partial charge in [0.15, 0.2) is 11.5 Å². The maximum absolute atomic E-state index is 10.3. The summed E-state index contributed by atoms with van der Waals surface area (Å²) < 4.78 is 5.22.